The SMILES string of the molecule is CC[Si](CC)(CC)OC[C@@]1(C)O[C@@H]1[C@@H](C)COS(C)(=O)=O. The second kappa shape index (κ2) is 7.08. The molecule has 0 amide bonds. The average Bonchev–Trinajstić information content (AvgIpc) is 3.10. The summed E-state index contributed by atoms with van der Waals surface area (Å²) < 4.78 is 39.0. The van der Waals surface area contributed by atoms with Crippen LogP contribution in [-0.2, 0) is 23.5 Å². The van der Waals surface area contributed by atoms with E-state index in [1.165, 1.54) is 0 Å². The molecule has 3 atom stereocenters. The topological polar surface area (TPSA) is 65.1 Å². The van der Waals surface area contributed by atoms with Gasteiger partial charge in [0.1, 0.15) is 5.60 Å². The second-order valence-electron chi connectivity index (χ2n) is 6.35. The van der Waals surface area contributed by atoms with Gasteiger partial charge in [0.25, 0.3) is 10.1 Å². The first-order chi connectivity index (χ1) is 9.61. The van der Waals surface area contributed by atoms with Crippen molar-refractivity contribution in [1.82, 2.24) is 0 Å². The van der Waals surface area contributed by atoms with E-state index in [4.69, 9.17) is 13.3 Å². The predicted molar refractivity (Wildman–Crippen MR) is 86.4 cm³/mol. The Morgan fingerprint density at radius 3 is 2.19 bits per heavy atom. The lowest BCUT2D eigenvalue weighted by molar-refractivity contribution is 0.188. The van der Waals surface area contributed by atoms with E-state index in [1.807, 2.05) is 13.8 Å². The van der Waals surface area contributed by atoms with Crippen molar-refractivity contribution >= 4 is 18.4 Å². The molecular weight excluding hydrogens is 308 g/mol. The van der Waals surface area contributed by atoms with Crippen molar-refractivity contribution in [2.24, 2.45) is 5.92 Å². The first kappa shape index (κ1) is 19.1. The van der Waals surface area contributed by atoms with E-state index < -0.39 is 18.4 Å². The van der Waals surface area contributed by atoms with Crippen LogP contribution in [0.4, 0.5) is 0 Å². The molecule has 126 valence electrons. The Morgan fingerprint density at radius 1 is 1.24 bits per heavy atom. The van der Waals surface area contributed by atoms with Crippen LogP contribution in [0.5, 0.6) is 0 Å². The van der Waals surface area contributed by atoms with Gasteiger partial charge in [0, 0.05) is 5.92 Å². The normalized spacial score (nSPS) is 27.6. The van der Waals surface area contributed by atoms with E-state index in [0.29, 0.717) is 6.61 Å². The Hall–Kier alpha value is 0.0469. The third-order valence-electron chi connectivity index (χ3n) is 4.60. The zero-order valence-electron chi connectivity index (χ0n) is 14.1. The number of hydrogen-bond donors (Lipinski definition) is 0. The highest BCUT2D eigenvalue weighted by Crippen LogP contribution is 2.42. The molecule has 0 N–H and O–H groups in total. The fourth-order valence-corrected chi connectivity index (χ4v) is 5.93. The maximum atomic E-state index is 11.0. The van der Waals surface area contributed by atoms with Crippen molar-refractivity contribution in [3.63, 3.8) is 0 Å². The van der Waals surface area contributed by atoms with E-state index in [0.717, 1.165) is 24.4 Å². The van der Waals surface area contributed by atoms with Gasteiger partial charge in [-0.25, -0.2) is 0 Å². The van der Waals surface area contributed by atoms with Crippen LogP contribution in [0.15, 0.2) is 0 Å². The monoisotopic (exact) mass is 338 g/mol. The minimum atomic E-state index is -3.39. The number of hydrogen-bond acceptors (Lipinski definition) is 5. The Balaban J connectivity index is 2.48. The van der Waals surface area contributed by atoms with Crippen LogP contribution in [0.25, 0.3) is 0 Å². The third-order valence-corrected chi connectivity index (χ3v) is 9.79. The molecule has 7 heteroatoms. The smallest absolute Gasteiger partial charge is 0.264 e. The van der Waals surface area contributed by atoms with E-state index in [1.54, 1.807) is 0 Å². The summed E-state index contributed by atoms with van der Waals surface area (Å²) in [6.07, 6.45) is 1.08. The highest BCUT2D eigenvalue weighted by atomic mass is 32.2. The van der Waals surface area contributed by atoms with Gasteiger partial charge in [0.2, 0.25) is 0 Å². The fraction of sp³-hybridized carbons (Fsp3) is 1.00. The maximum absolute atomic E-state index is 11.0. The molecule has 0 aliphatic carbocycles. The fourth-order valence-electron chi connectivity index (χ4n) is 2.76. The molecular formula is C14H30O5SSi. The zero-order valence-corrected chi connectivity index (χ0v) is 16.0. The van der Waals surface area contributed by atoms with Crippen molar-refractivity contribution in [2.75, 3.05) is 19.5 Å². The zero-order chi connectivity index (χ0) is 16.3. The van der Waals surface area contributed by atoms with Gasteiger partial charge in [-0.3, -0.25) is 4.18 Å². The molecule has 1 aliphatic rings. The standard InChI is InChI=1S/C14H30O5SSi/c1-7-21(8-2,9-3)18-11-14(5)13(19-14)12(4)10-17-20(6,15)16/h12-13H,7-11H2,1-6H3/t12-,13+,14+/m0/s1. The molecule has 0 aromatic rings. The quantitative estimate of drug-likeness (QED) is 0.348. The van der Waals surface area contributed by atoms with Crippen LogP contribution >= 0.6 is 0 Å². The van der Waals surface area contributed by atoms with Crippen LogP contribution in [0, 0.1) is 5.92 Å². The molecule has 21 heavy (non-hydrogen) atoms. The highest BCUT2D eigenvalue weighted by molar-refractivity contribution is 7.85. The summed E-state index contributed by atoms with van der Waals surface area (Å²) in [4.78, 5) is 0. The summed E-state index contributed by atoms with van der Waals surface area (Å²) in [6.45, 7) is 11.4. The van der Waals surface area contributed by atoms with Crippen molar-refractivity contribution in [3.8, 4) is 0 Å². The summed E-state index contributed by atoms with van der Waals surface area (Å²) >= 11 is 0. The van der Waals surface area contributed by atoms with Gasteiger partial charge >= 0.3 is 0 Å². The molecule has 0 unspecified atom stereocenters. The molecule has 0 aromatic carbocycles. The van der Waals surface area contributed by atoms with Gasteiger partial charge < -0.3 is 9.16 Å². The molecule has 1 aliphatic heterocycles. The predicted octanol–water partition coefficient (Wildman–Crippen LogP) is 2.78. The second-order valence-corrected chi connectivity index (χ2v) is 12.8. The molecule has 1 saturated heterocycles. The number of epoxide rings is 1. The van der Waals surface area contributed by atoms with Crippen molar-refractivity contribution in [3.05, 3.63) is 0 Å². The minimum absolute atomic E-state index is 0.0107. The summed E-state index contributed by atoms with van der Waals surface area (Å²) in [5.74, 6) is 0.0364. The molecule has 0 spiro atoms. The lowest BCUT2D eigenvalue weighted by atomic mass is 9.99. The van der Waals surface area contributed by atoms with E-state index in [-0.39, 0.29) is 24.2 Å². The molecule has 0 bridgehead atoms. The van der Waals surface area contributed by atoms with Gasteiger partial charge in [-0.1, -0.05) is 27.7 Å². The summed E-state index contributed by atoms with van der Waals surface area (Å²) in [7, 11) is -5.00. The van der Waals surface area contributed by atoms with Crippen molar-refractivity contribution in [1.29, 1.82) is 0 Å². The van der Waals surface area contributed by atoms with E-state index >= 15 is 0 Å². The van der Waals surface area contributed by atoms with Gasteiger partial charge in [0.05, 0.1) is 25.6 Å². The Kier molecular flexibility index (Phi) is 6.44. The largest absolute Gasteiger partial charge is 0.414 e. The average molecular weight is 339 g/mol. The van der Waals surface area contributed by atoms with Crippen LogP contribution in [0.3, 0.4) is 0 Å². The molecule has 0 radical (unpaired) electrons. The molecule has 1 heterocycles. The Morgan fingerprint density at radius 2 is 1.76 bits per heavy atom. The molecule has 1 rings (SSSR count). The van der Waals surface area contributed by atoms with Gasteiger partial charge in [-0.05, 0) is 25.1 Å². The van der Waals surface area contributed by atoms with E-state index in [2.05, 4.69) is 20.8 Å². The Labute approximate surface area is 130 Å². The number of ether oxygens (including phenoxy) is 1. The third kappa shape index (κ3) is 5.32. The van der Waals surface area contributed by atoms with Crippen molar-refractivity contribution < 1.29 is 21.8 Å². The number of rotatable bonds is 10. The first-order valence-electron chi connectivity index (χ1n) is 7.77. The van der Waals surface area contributed by atoms with Crippen molar-refractivity contribution in [2.45, 2.75) is 64.5 Å². The minimum Gasteiger partial charge on any atom is -0.414 e. The Bertz CT molecular complexity index is 426. The first-order valence-corrected chi connectivity index (χ1v) is 12.1. The summed E-state index contributed by atoms with van der Waals surface area (Å²) in [6, 6.07) is 3.36. The van der Waals surface area contributed by atoms with Crippen LogP contribution in [0.2, 0.25) is 18.1 Å². The van der Waals surface area contributed by atoms with Gasteiger partial charge in [-0.2, -0.15) is 8.42 Å². The highest BCUT2D eigenvalue weighted by Gasteiger charge is 2.56. The molecule has 5 nitrogen and oxygen atoms in total. The van der Waals surface area contributed by atoms with Gasteiger partial charge in [0.15, 0.2) is 8.32 Å². The molecule has 0 aromatic heterocycles. The lowest BCUT2D eigenvalue weighted by Crippen LogP contribution is -2.39. The van der Waals surface area contributed by atoms with Gasteiger partial charge in [-0.15, -0.1) is 0 Å². The molecule has 0 saturated carbocycles. The maximum Gasteiger partial charge on any atom is 0.264 e. The molecule has 1 fully saturated rings. The van der Waals surface area contributed by atoms with Crippen LogP contribution < -0.4 is 0 Å². The van der Waals surface area contributed by atoms with Crippen LogP contribution in [0.1, 0.15) is 34.6 Å². The van der Waals surface area contributed by atoms with Crippen LogP contribution in [-0.4, -0.2) is 47.9 Å². The summed E-state index contributed by atoms with van der Waals surface area (Å²) in [5, 5.41) is 0. The van der Waals surface area contributed by atoms with E-state index in [9.17, 15) is 8.42 Å². The summed E-state index contributed by atoms with van der Waals surface area (Å²) in [5.41, 5.74) is -0.294. The lowest BCUT2D eigenvalue weighted by Gasteiger charge is -2.29.